The zero-order valence-corrected chi connectivity index (χ0v) is 10.8. The first-order valence-corrected chi connectivity index (χ1v) is 6.35. The lowest BCUT2D eigenvalue weighted by atomic mass is 10.1. The van der Waals surface area contributed by atoms with Crippen molar-refractivity contribution in [3.63, 3.8) is 0 Å². The topological polar surface area (TPSA) is 46.9 Å². The fraction of sp³-hybridized carbons (Fsp3) is 0.692. The number of nitrogens with zero attached hydrogens (tertiary/aromatic N) is 2. The molecule has 95 valence electrons. The Labute approximate surface area is 103 Å². The standard InChI is InChI=1S/C13H22N3O/c1-12(2)15-13(17)7-5-3-4-6-9-16-10-8-14-11-16/h10-12H,3-7,9H2,1-2H3,(H,15,17). The van der Waals surface area contributed by atoms with E-state index in [2.05, 4.69) is 16.5 Å². The highest BCUT2D eigenvalue weighted by atomic mass is 16.1. The van der Waals surface area contributed by atoms with Crippen LogP contribution >= 0.6 is 0 Å². The second-order valence-electron chi connectivity index (χ2n) is 4.63. The van der Waals surface area contributed by atoms with Crippen LogP contribution in [-0.2, 0) is 11.3 Å². The lowest BCUT2D eigenvalue weighted by Gasteiger charge is -2.07. The number of aryl methyl sites for hydroxylation is 1. The van der Waals surface area contributed by atoms with E-state index in [0.717, 1.165) is 32.2 Å². The van der Waals surface area contributed by atoms with Gasteiger partial charge in [0.25, 0.3) is 0 Å². The van der Waals surface area contributed by atoms with Gasteiger partial charge in [-0.05, 0) is 26.7 Å². The summed E-state index contributed by atoms with van der Waals surface area (Å²) < 4.78 is 2.03. The van der Waals surface area contributed by atoms with Crippen LogP contribution in [0, 0.1) is 6.20 Å². The summed E-state index contributed by atoms with van der Waals surface area (Å²) >= 11 is 0. The minimum absolute atomic E-state index is 0.171. The molecule has 1 N–H and O–H groups in total. The van der Waals surface area contributed by atoms with Crippen LogP contribution in [0.3, 0.4) is 0 Å². The fourth-order valence-corrected chi connectivity index (χ4v) is 1.70. The number of rotatable bonds is 8. The van der Waals surface area contributed by atoms with E-state index in [4.69, 9.17) is 0 Å². The molecule has 0 aromatic carbocycles. The molecule has 1 heterocycles. The summed E-state index contributed by atoms with van der Waals surface area (Å²) in [7, 11) is 0. The Balaban J connectivity index is 1.92. The molecule has 1 radical (unpaired) electrons. The van der Waals surface area contributed by atoms with Gasteiger partial charge in [0, 0.05) is 25.2 Å². The third kappa shape index (κ3) is 6.76. The molecule has 0 spiro atoms. The quantitative estimate of drug-likeness (QED) is 0.703. The third-order valence-corrected chi connectivity index (χ3v) is 2.52. The van der Waals surface area contributed by atoms with E-state index in [9.17, 15) is 4.79 Å². The molecule has 17 heavy (non-hydrogen) atoms. The van der Waals surface area contributed by atoms with Crippen molar-refractivity contribution in [1.82, 2.24) is 14.9 Å². The Hall–Kier alpha value is -1.32. The highest BCUT2D eigenvalue weighted by Gasteiger charge is 2.02. The smallest absolute Gasteiger partial charge is 0.220 e. The van der Waals surface area contributed by atoms with Crippen LogP contribution in [0.4, 0.5) is 0 Å². The van der Waals surface area contributed by atoms with Crippen LogP contribution < -0.4 is 5.32 Å². The van der Waals surface area contributed by atoms with Gasteiger partial charge in [0.1, 0.15) is 6.20 Å². The lowest BCUT2D eigenvalue weighted by molar-refractivity contribution is -0.121. The molecule has 1 rings (SSSR count). The minimum Gasteiger partial charge on any atom is -0.354 e. The molecular weight excluding hydrogens is 214 g/mol. The second-order valence-corrected chi connectivity index (χ2v) is 4.63. The average Bonchev–Trinajstić information content (AvgIpc) is 2.75. The molecule has 0 saturated carbocycles. The minimum atomic E-state index is 0.171. The van der Waals surface area contributed by atoms with Gasteiger partial charge in [0.05, 0.1) is 6.33 Å². The van der Waals surface area contributed by atoms with Crippen LogP contribution in [0.5, 0.6) is 0 Å². The van der Waals surface area contributed by atoms with E-state index in [0.29, 0.717) is 6.42 Å². The summed E-state index contributed by atoms with van der Waals surface area (Å²) in [4.78, 5) is 15.2. The Morgan fingerprint density at radius 2 is 2.12 bits per heavy atom. The van der Waals surface area contributed by atoms with Gasteiger partial charge in [-0.2, -0.15) is 0 Å². The molecule has 4 nitrogen and oxygen atoms in total. The van der Waals surface area contributed by atoms with E-state index >= 15 is 0 Å². The van der Waals surface area contributed by atoms with Crippen molar-refractivity contribution in [2.24, 2.45) is 0 Å². The normalized spacial score (nSPS) is 10.8. The highest BCUT2D eigenvalue weighted by molar-refractivity contribution is 5.76. The first-order valence-electron chi connectivity index (χ1n) is 6.35. The summed E-state index contributed by atoms with van der Waals surface area (Å²) in [5.74, 6) is 0.171. The first kappa shape index (κ1) is 13.7. The van der Waals surface area contributed by atoms with Crippen molar-refractivity contribution >= 4 is 5.91 Å². The number of hydrogen-bond donors (Lipinski definition) is 1. The number of carbonyl (C=O) groups excluding carboxylic acids is 1. The molecule has 1 amide bonds. The van der Waals surface area contributed by atoms with E-state index < -0.39 is 0 Å². The average molecular weight is 236 g/mol. The molecule has 0 aliphatic carbocycles. The molecule has 0 aliphatic rings. The first-order chi connectivity index (χ1) is 8.18. The Kier molecular flexibility index (Phi) is 6.37. The Morgan fingerprint density at radius 3 is 2.76 bits per heavy atom. The zero-order valence-electron chi connectivity index (χ0n) is 10.8. The predicted molar refractivity (Wildman–Crippen MR) is 67.4 cm³/mol. The van der Waals surface area contributed by atoms with Crippen molar-refractivity contribution in [3.05, 3.63) is 18.7 Å². The van der Waals surface area contributed by atoms with Crippen molar-refractivity contribution in [3.8, 4) is 0 Å². The van der Waals surface area contributed by atoms with Crippen molar-refractivity contribution in [2.45, 2.75) is 58.5 Å². The van der Waals surface area contributed by atoms with Crippen LogP contribution in [0.25, 0.3) is 0 Å². The number of carbonyl (C=O) groups is 1. The van der Waals surface area contributed by atoms with E-state index in [1.54, 1.807) is 6.33 Å². The Morgan fingerprint density at radius 1 is 1.35 bits per heavy atom. The molecule has 1 aromatic heterocycles. The number of imidazole rings is 1. The maximum absolute atomic E-state index is 11.3. The molecule has 0 fully saturated rings. The lowest BCUT2D eigenvalue weighted by Crippen LogP contribution is -2.29. The monoisotopic (exact) mass is 236 g/mol. The highest BCUT2D eigenvalue weighted by Crippen LogP contribution is 2.04. The van der Waals surface area contributed by atoms with Gasteiger partial charge < -0.3 is 9.88 Å². The molecule has 4 heteroatoms. The van der Waals surface area contributed by atoms with Gasteiger partial charge in [-0.1, -0.05) is 12.8 Å². The maximum Gasteiger partial charge on any atom is 0.220 e. The Bertz CT molecular complexity index is 306. The zero-order chi connectivity index (χ0) is 12.5. The van der Waals surface area contributed by atoms with E-state index in [1.807, 2.05) is 24.6 Å². The molecule has 0 unspecified atom stereocenters. The molecule has 1 aromatic rings. The number of amides is 1. The van der Waals surface area contributed by atoms with Gasteiger partial charge in [0.15, 0.2) is 0 Å². The van der Waals surface area contributed by atoms with Crippen LogP contribution in [0.2, 0.25) is 0 Å². The number of hydrogen-bond acceptors (Lipinski definition) is 2. The van der Waals surface area contributed by atoms with Crippen molar-refractivity contribution in [1.29, 1.82) is 0 Å². The summed E-state index contributed by atoms with van der Waals surface area (Å²) in [5.41, 5.74) is 0. The predicted octanol–water partition coefficient (Wildman–Crippen LogP) is 2.16. The van der Waals surface area contributed by atoms with Gasteiger partial charge in [0.2, 0.25) is 5.91 Å². The second kappa shape index (κ2) is 7.87. The fourth-order valence-electron chi connectivity index (χ4n) is 1.70. The molecule has 0 atom stereocenters. The van der Waals surface area contributed by atoms with Gasteiger partial charge in [-0.25, -0.2) is 4.98 Å². The molecule has 0 saturated heterocycles. The molecular formula is C13H22N3O. The van der Waals surface area contributed by atoms with Gasteiger partial charge in [-0.15, -0.1) is 0 Å². The number of nitrogens with one attached hydrogen (secondary N) is 1. The molecule has 0 aliphatic heterocycles. The van der Waals surface area contributed by atoms with Gasteiger partial charge >= 0.3 is 0 Å². The third-order valence-electron chi connectivity index (χ3n) is 2.52. The SMILES string of the molecule is CC(C)NC(=O)CCCCCCn1c[c]nc1. The maximum atomic E-state index is 11.3. The van der Waals surface area contributed by atoms with Crippen LogP contribution in [0.15, 0.2) is 12.5 Å². The van der Waals surface area contributed by atoms with Gasteiger partial charge in [-0.3, -0.25) is 4.79 Å². The van der Waals surface area contributed by atoms with E-state index in [1.165, 1.54) is 0 Å². The number of aromatic nitrogens is 2. The van der Waals surface area contributed by atoms with Crippen molar-refractivity contribution < 1.29 is 4.79 Å². The van der Waals surface area contributed by atoms with Crippen LogP contribution in [-0.4, -0.2) is 21.5 Å². The number of unbranched alkanes of at least 4 members (excludes halogenated alkanes) is 3. The summed E-state index contributed by atoms with van der Waals surface area (Å²) in [5, 5.41) is 2.90. The summed E-state index contributed by atoms with van der Waals surface area (Å²) in [6.45, 7) is 4.97. The van der Waals surface area contributed by atoms with Crippen LogP contribution in [0.1, 0.15) is 46.0 Å². The van der Waals surface area contributed by atoms with Crippen molar-refractivity contribution in [2.75, 3.05) is 0 Å². The summed E-state index contributed by atoms with van der Waals surface area (Å²) in [6, 6.07) is 0.250. The van der Waals surface area contributed by atoms with E-state index in [-0.39, 0.29) is 11.9 Å². The summed E-state index contributed by atoms with van der Waals surface area (Å²) in [6.07, 6.45) is 11.5. The molecule has 0 bridgehead atoms. The largest absolute Gasteiger partial charge is 0.354 e.